The van der Waals surface area contributed by atoms with E-state index in [-0.39, 0.29) is 17.9 Å². The topological polar surface area (TPSA) is 76.1 Å². The molecule has 144 valence electrons. The zero-order chi connectivity index (χ0) is 19.5. The van der Waals surface area contributed by atoms with Gasteiger partial charge in [-0.1, -0.05) is 6.92 Å². The molecular weight excluding hydrogens is 355 g/mol. The van der Waals surface area contributed by atoms with Crippen molar-refractivity contribution in [2.24, 2.45) is 5.41 Å². The molecule has 1 unspecified atom stereocenters. The van der Waals surface area contributed by atoms with E-state index in [9.17, 15) is 22.8 Å². The van der Waals surface area contributed by atoms with E-state index in [2.05, 4.69) is 0 Å². The average Bonchev–Trinajstić information content (AvgIpc) is 3.06. The SMILES string of the molecule is CCCOc1cc(OC)ccc1C(=O)N1CCC(C(=O)O)(C(F)(F)F)C1. The Bertz CT molecular complexity index is 691. The number of rotatable bonds is 6. The number of halogens is 3. The Morgan fingerprint density at radius 1 is 1.35 bits per heavy atom. The van der Waals surface area contributed by atoms with E-state index in [1.165, 1.54) is 25.3 Å². The number of amides is 1. The Labute approximate surface area is 148 Å². The van der Waals surface area contributed by atoms with Crippen LogP contribution in [-0.4, -0.2) is 54.9 Å². The van der Waals surface area contributed by atoms with Gasteiger partial charge in [0.25, 0.3) is 5.91 Å². The van der Waals surface area contributed by atoms with Crippen LogP contribution in [0.3, 0.4) is 0 Å². The molecule has 1 aliphatic rings. The van der Waals surface area contributed by atoms with Crippen molar-refractivity contribution < 1.29 is 37.3 Å². The summed E-state index contributed by atoms with van der Waals surface area (Å²) in [5.41, 5.74) is -2.87. The van der Waals surface area contributed by atoms with Gasteiger partial charge in [-0.05, 0) is 25.0 Å². The van der Waals surface area contributed by atoms with Crippen LogP contribution in [0.5, 0.6) is 11.5 Å². The second-order valence-corrected chi connectivity index (χ2v) is 6.07. The Morgan fingerprint density at radius 3 is 2.54 bits per heavy atom. The van der Waals surface area contributed by atoms with Crippen LogP contribution >= 0.6 is 0 Å². The predicted octanol–water partition coefficient (Wildman–Crippen LogP) is 2.96. The van der Waals surface area contributed by atoms with Gasteiger partial charge in [-0.2, -0.15) is 13.2 Å². The summed E-state index contributed by atoms with van der Waals surface area (Å²) < 4.78 is 50.5. The van der Waals surface area contributed by atoms with Gasteiger partial charge in [0.2, 0.25) is 0 Å². The maximum atomic E-state index is 13.3. The molecule has 1 fully saturated rings. The highest BCUT2D eigenvalue weighted by molar-refractivity contribution is 5.98. The van der Waals surface area contributed by atoms with Crippen LogP contribution in [0.4, 0.5) is 13.2 Å². The minimum atomic E-state index is -4.95. The highest BCUT2D eigenvalue weighted by Crippen LogP contribution is 2.46. The molecular formula is C17H20F3NO5. The second kappa shape index (κ2) is 7.43. The summed E-state index contributed by atoms with van der Waals surface area (Å²) in [6.07, 6.45) is -4.96. The molecule has 6 nitrogen and oxygen atoms in total. The first-order valence-electron chi connectivity index (χ1n) is 8.06. The van der Waals surface area contributed by atoms with Crippen molar-refractivity contribution in [3.63, 3.8) is 0 Å². The first-order valence-corrected chi connectivity index (χ1v) is 8.06. The van der Waals surface area contributed by atoms with E-state index < -0.39 is 36.4 Å². The van der Waals surface area contributed by atoms with E-state index in [0.29, 0.717) is 18.8 Å². The number of carboxylic acids is 1. The smallest absolute Gasteiger partial charge is 0.406 e. The molecule has 0 saturated carbocycles. The van der Waals surface area contributed by atoms with E-state index in [4.69, 9.17) is 14.6 Å². The number of likely N-dealkylation sites (tertiary alicyclic amines) is 1. The van der Waals surface area contributed by atoms with Crippen molar-refractivity contribution in [1.82, 2.24) is 4.90 Å². The number of methoxy groups -OCH3 is 1. The predicted molar refractivity (Wildman–Crippen MR) is 85.4 cm³/mol. The summed E-state index contributed by atoms with van der Waals surface area (Å²) >= 11 is 0. The zero-order valence-electron chi connectivity index (χ0n) is 14.4. The molecule has 1 heterocycles. The number of carboxylic acid groups (broad SMARTS) is 1. The Hall–Kier alpha value is -2.45. The molecule has 0 bridgehead atoms. The summed E-state index contributed by atoms with van der Waals surface area (Å²) in [4.78, 5) is 24.9. The third-order valence-corrected chi connectivity index (χ3v) is 4.39. The fourth-order valence-corrected chi connectivity index (χ4v) is 2.82. The van der Waals surface area contributed by atoms with E-state index in [1.807, 2.05) is 6.92 Å². The molecule has 1 aliphatic heterocycles. The van der Waals surface area contributed by atoms with Crippen LogP contribution in [0, 0.1) is 5.41 Å². The van der Waals surface area contributed by atoms with Gasteiger partial charge < -0.3 is 19.5 Å². The fraction of sp³-hybridized carbons (Fsp3) is 0.529. The van der Waals surface area contributed by atoms with Gasteiger partial charge in [-0.15, -0.1) is 0 Å². The zero-order valence-corrected chi connectivity index (χ0v) is 14.4. The Morgan fingerprint density at radius 2 is 2.04 bits per heavy atom. The van der Waals surface area contributed by atoms with Crippen LogP contribution in [0.15, 0.2) is 18.2 Å². The Kier molecular flexibility index (Phi) is 5.68. The molecule has 2 rings (SSSR count). The quantitative estimate of drug-likeness (QED) is 0.827. The number of ether oxygens (including phenoxy) is 2. The standard InChI is InChI=1S/C17H20F3NO5/c1-3-8-26-13-9-11(25-2)4-5-12(13)14(22)21-7-6-16(10-21,15(23)24)17(18,19)20/h4-5,9H,3,6-8,10H2,1-2H3,(H,23,24). The summed E-state index contributed by atoms with van der Waals surface area (Å²) in [6.45, 7) is 0.954. The summed E-state index contributed by atoms with van der Waals surface area (Å²) in [7, 11) is 1.44. The van der Waals surface area contributed by atoms with Crippen molar-refractivity contribution in [3.8, 4) is 11.5 Å². The number of hydrogen-bond acceptors (Lipinski definition) is 4. The maximum absolute atomic E-state index is 13.3. The van der Waals surface area contributed by atoms with E-state index in [1.54, 1.807) is 0 Å². The van der Waals surface area contributed by atoms with Gasteiger partial charge in [0.1, 0.15) is 11.5 Å². The van der Waals surface area contributed by atoms with Crippen molar-refractivity contribution in [3.05, 3.63) is 23.8 Å². The molecule has 9 heteroatoms. The summed E-state index contributed by atoms with van der Waals surface area (Å²) in [5, 5.41) is 9.11. The van der Waals surface area contributed by atoms with Gasteiger partial charge in [0.05, 0.1) is 19.3 Å². The minimum absolute atomic E-state index is 0.0719. The number of carbonyl (C=O) groups is 2. The molecule has 1 N–H and O–H groups in total. The van der Waals surface area contributed by atoms with Crippen LogP contribution in [0.2, 0.25) is 0 Å². The lowest BCUT2D eigenvalue weighted by Crippen LogP contribution is -2.47. The molecule has 26 heavy (non-hydrogen) atoms. The lowest BCUT2D eigenvalue weighted by atomic mass is 9.86. The van der Waals surface area contributed by atoms with Crippen LogP contribution in [0.25, 0.3) is 0 Å². The molecule has 0 spiro atoms. The molecule has 1 aromatic rings. The molecule has 1 saturated heterocycles. The molecule has 1 amide bonds. The maximum Gasteiger partial charge on any atom is 0.406 e. The number of nitrogens with zero attached hydrogens (tertiary/aromatic N) is 1. The summed E-state index contributed by atoms with van der Waals surface area (Å²) in [5.74, 6) is -2.05. The van der Waals surface area contributed by atoms with Crippen molar-refractivity contribution >= 4 is 11.9 Å². The minimum Gasteiger partial charge on any atom is -0.497 e. The number of alkyl halides is 3. The lowest BCUT2D eigenvalue weighted by Gasteiger charge is -2.27. The molecule has 1 atom stereocenters. The van der Waals surface area contributed by atoms with Gasteiger partial charge in [-0.3, -0.25) is 9.59 Å². The van der Waals surface area contributed by atoms with Crippen LogP contribution in [-0.2, 0) is 4.79 Å². The molecule has 1 aromatic carbocycles. The molecule has 0 aromatic heterocycles. The highest BCUT2D eigenvalue weighted by Gasteiger charge is 2.64. The number of carbonyl (C=O) groups excluding carboxylic acids is 1. The van der Waals surface area contributed by atoms with Gasteiger partial charge in [0.15, 0.2) is 5.41 Å². The third-order valence-electron chi connectivity index (χ3n) is 4.39. The monoisotopic (exact) mass is 375 g/mol. The normalized spacial score (nSPS) is 20.1. The van der Waals surface area contributed by atoms with Crippen molar-refractivity contribution in [2.45, 2.75) is 25.9 Å². The summed E-state index contributed by atoms with van der Waals surface area (Å²) in [6, 6.07) is 4.38. The van der Waals surface area contributed by atoms with Crippen molar-refractivity contribution in [1.29, 1.82) is 0 Å². The van der Waals surface area contributed by atoms with E-state index >= 15 is 0 Å². The van der Waals surface area contributed by atoms with Gasteiger partial charge >= 0.3 is 12.1 Å². The Balaban J connectivity index is 2.31. The number of benzene rings is 1. The highest BCUT2D eigenvalue weighted by atomic mass is 19.4. The first-order chi connectivity index (χ1) is 12.2. The average molecular weight is 375 g/mol. The molecule has 0 aliphatic carbocycles. The van der Waals surface area contributed by atoms with Gasteiger partial charge in [0, 0.05) is 19.2 Å². The lowest BCUT2D eigenvalue weighted by molar-refractivity contribution is -0.227. The number of aliphatic carboxylic acids is 1. The molecule has 0 radical (unpaired) electrons. The van der Waals surface area contributed by atoms with Crippen molar-refractivity contribution in [2.75, 3.05) is 26.8 Å². The van der Waals surface area contributed by atoms with E-state index in [0.717, 1.165) is 4.90 Å². The first kappa shape index (κ1) is 19.9. The third kappa shape index (κ3) is 3.56. The second-order valence-electron chi connectivity index (χ2n) is 6.07. The largest absolute Gasteiger partial charge is 0.497 e. The van der Waals surface area contributed by atoms with Crippen LogP contribution < -0.4 is 9.47 Å². The number of hydrogen-bond donors (Lipinski definition) is 1. The fourth-order valence-electron chi connectivity index (χ4n) is 2.82. The van der Waals surface area contributed by atoms with Gasteiger partial charge in [-0.25, -0.2) is 0 Å². The van der Waals surface area contributed by atoms with Crippen LogP contribution in [0.1, 0.15) is 30.1 Å².